The summed E-state index contributed by atoms with van der Waals surface area (Å²) in [6.45, 7) is 1.32. The minimum Gasteiger partial charge on any atom is -0.378 e. The summed E-state index contributed by atoms with van der Waals surface area (Å²) >= 11 is 0. The van der Waals surface area contributed by atoms with Crippen molar-refractivity contribution in [2.24, 2.45) is 0 Å². The highest BCUT2D eigenvalue weighted by Crippen LogP contribution is 2.18. The molecule has 0 radical (unpaired) electrons. The quantitative estimate of drug-likeness (QED) is 0.922. The van der Waals surface area contributed by atoms with E-state index in [-0.39, 0.29) is 17.9 Å². The molecule has 3 rings (SSSR count). The van der Waals surface area contributed by atoms with E-state index in [0.29, 0.717) is 24.2 Å². The molecule has 0 bridgehead atoms. The Morgan fingerprint density at radius 1 is 0.962 bits per heavy atom. The van der Waals surface area contributed by atoms with Crippen LogP contribution in [0.1, 0.15) is 33.6 Å². The first-order valence-electron chi connectivity index (χ1n) is 8.97. The number of amides is 2. The Balaban J connectivity index is 1.56. The standard InChI is InChI=1S/C21H25N3O2/c1-23(2)19-10-6-9-17(15-19)21(26)24-13-11-18(12-14-24)22-20(25)16-7-4-3-5-8-16/h3-10,15,18H,11-14H2,1-2H3,(H,22,25). The van der Waals surface area contributed by atoms with Crippen LogP contribution in [0.4, 0.5) is 5.69 Å². The maximum atomic E-state index is 12.7. The zero-order chi connectivity index (χ0) is 18.5. The molecule has 26 heavy (non-hydrogen) atoms. The van der Waals surface area contributed by atoms with E-state index < -0.39 is 0 Å². The van der Waals surface area contributed by atoms with Crippen LogP contribution < -0.4 is 10.2 Å². The first kappa shape index (κ1) is 18.0. The second-order valence-electron chi connectivity index (χ2n) is 6.85. The van der Waals surface area contributed by atoms with Gasteiger partial charge in [-0.2, -0.15) is 0 Å². The number of rotatable bonds is 4. The number of piperidine rings is 1. The van der Waals surface area contributed by atoms with Crippen molar-refractivity contribution in [2.75, 3.05) is 32.1 Å². The van der Waals surface area contributed by atoms with Crippen molar-refractivity contribution in [3.63, 3.8) is 0 Å². The molecule has 1 saturated heterocycles. The van der Waals surface area contributed by atoms with E-state index in [9.17, 15) is 9.59 Å². The molecular formula is C21H25N3O2. The Labute approximate surface area is 154 Å². The second kappa shape index (κ2) is 8.04. The summed E-state index contributed by atoms with van der Waals surface area (Å²) in [6, 6.07) is 17.0. The average Bonchev–Trinajstić information content (AvgIpc) is 2.68. The SMILES string of the molecule is CN(C)c1cccc(C(=O)N2CCC(NC(=O)c3ccccc3)CC2)c1. The van der Waals surface area contributed by atoms with Crippen LogP contribution in [-0.2, 0) is 0 Å². The fourth-order valence-corrected chi connectivity index (χ4v) is 3.18. The molecule has 0 aliphatic carbocycles. The zero-order valence-corrected chi connectivity index (χ0v) is 15.3. The van der Waals surface area contributed by atoms with E-state index in [2.05, 4.69) is 5.32 Å². The number of hydrogen-bond acceptors (Lipinski definition) is 3. The molecule has 1 N–H and O–H groups in total. The molecule has 0 saturated carbocycles. The summed E-state index contributed by atoms with van der Waals surface area (Å²) in [6.07, 6.45) is 1.55. The third-order valence-electron chi connectivity index (χ3n) is 4.76. The number of likely N-dealkylation sites (tertiary alicyclic amines) is 1. The van der Waals surface area contributed by atoms with E-state index in [0.717, 1.165) is 18.5 Å². The van der Waals surface area contributed by atoms with Gasteiger partial charge in [0.1, 0.15) is 0 Å². The normalized spacial score (nSPS) is 14.8. The van der Waals surface area contributed by atoms with Crippen LogP contribution in [0.2, 0.25) is 0 Å². The number of anilines is 1. The first-order chi connectivity index (χ1) is 12.5. The molecule has 0 aromatic heterocycles. The largest absolute Gasteiger partial charge is 0.378 e. The van der Waals surface area contributed by atoms with Crippen molar-refractivity contribution in [1.82, 2.24) is 10.2 Å². The van der Waals surface area contributed by atoms with Gasteiger partial charge >= 0.3 is 0 Å². The maximum absolute atomic E-state index is 12.7. The van der Waals surface area contributed by atoms with Crippen molar-refractivity contribution < 1.29 is 9.59 Å². The first-order valence-corrected chi connectivity index (χ1v) is 8.97. The van der Waals surface area contributed by atoms with Gasteiger partial charge in [-0.3, -0.25) is 9.59 Å². The topological polar surface area (TPSA) is 52.7 Å². The molecule has 136 valence electrons. The van der Waals surface area contributed by atoms with Crippen LogP contribution in [0.3, 0.4) is 0 Å². The molecule has 5 nitrogen and oxygen atoms in total. The lowest BCUT2D eigenvalue weighted by Gasteiger charge is -2.32. The minimum absolute atomic E-state index is 0.0472. The molecule has 1 fully saturated rings. The lowest BCUT2D eigenvalue weighted by Crippen LogP contribution is -2.46. The molecule has 2 amide bonds. The second-order valence-corrected chi connectivity index (χ2v) is 6.85. The third kappa shape index (κ3) is 4.23. The predicted molar refractivity (Wildman–Crippen MR) is 104 cm³/mol. The van der Waals surface area contributed by atoms with Crippen LogP contribution in [0.25, 0.3) is 0 Å². The molecule has 2 aromatic rings. The van der Waals surface area contributed by atoms with Gasteiger partial charge in [-0.25, -0.2) is 0 Å². The lowest BCUT2D eigenvalue weighted by atomic mass is 10.0. The van der Waals surface area contributed by atoms with Crippen molar-refractivity contribution in [2.45, 2.75) is 18.9 Å². The Morgan fingerprint density at radius 3 is 2.27 bits per heavy atom. The Bertz CT molecular complexity index is 766. The summed E-state index contributed by atoms with van der Waals surface area (Å²) in [5.41, 5.74) is 2.40. The fourth-order valence-electron chi connectivity index (χ4n) is 3.18. The number of hydrogen-bond donors (Lipinski definition) is 1. The molecule has 0 unspecified atom stereocenters. The van der Waals surface area contributed by atoms with Gasteiger partial charge in [0.2, 0.25) is 0 Å². The third-order valence-corrected chi connectivity index (χ3v) is 4.76. The van der Waals surface area contributed by atoms with Crippen LogP contribution in [0, 0.1) is 0 Å². The Kier molecular flexibility index (Phi) is 5.56. The summed E-state index contributed by atoms with van der Waals surface area (Å²) in [7, 11) is 3.93. The van der Waals surface area contributed by atoms with Crippen molar-refractivity contribution in [3.8, 4) is 0 Å². The molecule has 1 heterocycles. The molecule has 2 aromatic carbocycles. The van der Waals surface area contributed by atoms with E-state index in [1.165, 1.54) is 0 Å². The average molecular weight is 351 g/mol. The molecule has 1 aliphatic rings. The van der Waals surface area contributed by atoms with E-state index >= 15 is 0 Å². The summed E-state index contributed by atoms with van der Waals surface area (Å²) in [4.78, 5) is 28.9. The zero-order valence-electron chi connectivity index (χ0n) is 15.3. The fraction of sp³-hybridized carbons (Fsp3) is 0.333. The van der Waals surface area contributed by atoms with Crippen molar-refractivity contribution >= 4 is 17.5 Å². The number of nitrogens with zero attached hydrogens (tertiary/aromatic N) is 2. The van der Waals surface area contributed by atoms with Crippen LogP contribution in [-0.4, -0.2) is 49.9 Å². The Morgan fingerprint density at radius 2 is 1.62 bits per heavy atom. The highest BCUT2D eigenvalue weighted by molar-refractivity contribution is 5.95. The summed E-state index contributed by atoms with van der Waals surface area (Å²) in [5, 5.41) is 3.07. The van der Waals surface area contributed by atoms with Crippen LogP contribution in [0.15, 0.2) is 54.6 Å². The minimum atomic E-state index is -0.0472. The van der Waals surface area contributed by atoms with Crippen LogP contribution in [0.5, 0.6) is 0 Å². The van der Waals surface area contributed by atoms with Gasteiger partial charge in [-0.05, 0) is 43.2 Å². The van der Waals surface area contributed by atoms with Gasteiger partial charge in [-0.1, -0.05) is 24.3 Å². The number of carbonyl (C=O) groups is 2. The molecule has 0 atom stereocenters. The van der Waals surface area contributed by atoms with E-state index in [4.69, 9.17) is 0 Å². The van der Waals surface area contributed by atoms with E-state index in [1.807, 2.05) is 78.5 Å². The molecule has 0 spiro atoms. The van der Waals surface area contributed by atoms with Crippen molar-refractivity contribution in [3.05, 3.63) is 65.7 Å². The Hall–Kier alpha value is -2.82. The van der Waals surface area contributed by atoms with E-state index in [1.54, 1.807) is 0 Å². The summed E-state index contributed by atoms with van der Waals surface area (Å²) < 4.78 is 0. The highest BCUT2D eigenvalue weighted by Gasteiger charge is 2.25. The number of carbonyl (C=O) groups excluding carboxylic acids is 2. The molecular weight excluding hydrogens is 326 g/mol. The van der Waals surface area contributed by atoms with Gasteiger partial charge in [0.25, 0.3) is 11.8 Å². The summed E-state index contributed by atoms with van der Waals surface area (Å²) in [5.74, 6) is 0.00981. The van der Waals surface area contributed by atoms with Gasteiger partial charge in [0.15, 0.2) is 0 Å². The van der Waals surface area contributed by atoms with Crippen LogP contribution >= 0.6 is 0 Å². The highest BCUT2D eigenvalue weighted by atomic mass is 16.2. The number of nitrogens with one attached hydrogen (secondary N) is 1. The monoisotopic (exact) mass is 351 g/mol. The number of benzene rings is 2. The maximum Gasteiger partial charge on any atom is 0.253 e. The predicted octanol–water partition coefficient (Wildman–Crippen LogP) is 2.79. The van der Waals surface area contributed by atoms with Gasteiger partial charge in [0, 0.05) is 50.0 Å². The van der Waals surface area contributed by atoms with Gasteiger partial charge in [0.05, 0.1) is 0 Å². The van der Waals surface area contributed by atoms with Gasteiger partial charge in [-0.15, -0.1) is 0 Å². The van der Waals surface area contributed by atoms with Gasteiger partial charge < -0.3 is 15.1 Å². The lowest BCUT2D eigenvalue weighted by molar-refractivity contribution is 0.0698. The van der Waals surface area contributed by atoms with Crippen molar-refractivity contribution in [1.29, 1.82) is 0 Å². The smallest absolute Gasteiger partial charge is 0.253 e. The molecule has 5 heteroatoms. The molecule has 1 aliphatic heterocycles.